The van der Waals surface area contributed by atoms with E-state index >= 15 is 0 Å². The summed E-state index contributed by atoms with van der Waals surface area (Å²) in [6, 6.07) is 10.5. The van der Waals surface area contributed by atoms with Gasteiger partial charge in [0.15, 0.2) is 11.5 Å². The summed E-state index contributed by atoms with van der Waals surface area (Å²) in [6.45, 7) is 4.42. The number of terminal acetylenes is 1. The number of hydrogen-bond donors (Lipinski definition) is 1. The average Bonchev–Trinajstić information content (AvgIpc) is 2.96. The predicted octanol–water partition coefficient (Wildman–Crippen LogP) is 4.15. The van der Waals surface area contributed by atoms with Crippen molar-refractivity contribution in [3.63, 3.8) is 0 Å². The smallest absolute Gasteiger partial charge is 0.329 e. The molecule has 0 saturated carbocycles. The van der Waals surface area contributed by atoms with Gasteiger partial charge in [-0.1, -0.05) is 47.4 Å². The third-order valence-electron chi connectivity index (χ3n) is 4.37. The summed E-state index contributed by atoms with van der Waals surface area (Å²) in [5.74, 6) is 2.70. The zero-order valence-corrected chi connectivity index (χ0v) is 17.5. The van der Waals surface area contributed by atoms with Gasteiger partial charge in [-0.25, -0.2) is 4.79 Å². The molecule has 1 fully saturated rings. The molecule has 0 bridgehead atoms. The Hall–Kier alpha value is -3.43. The lowest BCUT2D eigenvalue weighted by Gasteiger charge is -2.13. The van der Waals surface area contributed by atoms with E-state index in [0.29, 0.717) is 23.7 Å². The van der Waals surface area contributed by atoms with Crippen LogP contribution in [0.25, 0.3) is 6.08 Å². The van der Waals surface area contributed by atoms with Crippen LogP contribution in [0.1, 0.15) is 23.6 Å². The summed E-state index contributed by atoms with van der Waals surface area (Å²) >= 11 is 6.32. The van der Waals surface area contributed by atoms with Gasteiger partial charge in [-0.15, -0.1) is 6.42 Å². The minimum Gasteiger partial charge on any atom is -0.490 e. The Labute approximate surface area is 180 Å². The van der Waals surface area contributed by atoms with Crippen molar-refractivity contribution in [2.45, 2.75) is 20.4 Å². The molecule has 0 spiro atoms. The predicted molar refractivity (Wildman–Crippen MR) is 115 cm³/mol. The van der Waals surface area contributed by atoms with Crippen LogP contribution in [0.4, 0.5) is 4.79 Å². The molecule has 0 radical (unpaired) electrons. The van der Waals surface area contributed by atoms with E-state index in [1.54, 1.807) is 18.2 Å². The van der Waals surface area contributed by atoms with Crippen LogP contribution in [0.3, 0.4) is 0 Å². The lowest BCUT2D eigenvalue weighted by molar-refractivity contribution is -0.123. The number of urea groups is 1. The van der Waals surface area contributed by atoms with Crippen molar-refractivity contribution in [3.8, 4) is 23.8 Å². The molecule has 1 N–H and O–H groups in total. The molecule has 154 valence electrons. The fraction of sp³-hybridized carbons (Fsp3) is 0.217. The van der Waals surface area contributed by atoms with Crippen LogP contribution in [-0.2, 0) is 11.3 Å². The molecule has 1 heterocycles. The van der Waals surface area contributed by atoms with Crippen molar-refractivity contribution in [2.24, 2.45) is 0 Å². The number of halogens is 1. The second-order valence-electron chi connectivity index (χ2n) is 6.62. The molecule has 30 heavy (non-hydrogen) atoms. The van der Waals surface area contributed by atoms with Gasteiger partial charge in [0.05, 0.1) is 18.2 Å². The quantitative estimate of drug-likeness (QED) is 0.412. The number of carbonyl (C=O) groups is 2. The number of hydrogen-bond acceptors (Lipinski definition) is 4. The van der Waals surface area contributed by atoms with E-state index in [-0.39, 0.29) is 23.9 Å². The lowest BCUT2D eigenvalue weighted by Crippen LogP contribution is -2.30. The van der Waals surface area contributed by atoms with Crippen molar-refractivity contribution < 1.29 is 19.1 Å². The van der Waals surface area contributed by atoms with Crippen LogP contribution in [0.5, 0.6) is 11.5 Å². The molecule has 1 aliphatic rings. The first-order chi connectivity index (χ1) is 14.4. The average molecular weight is 425 g/mol. The number of rotatable bonds is 7. The Kier molecular flexibility index (Phi) is 6.65. The Balaban J connectivity index is 1.85. The first-order valence-electron chi connectivity index (χ1n) is 9.35. The molecule has 3 rings (SSSR count). The van der Waals surface area contributed by atoms with E-state index < -0.39 is 11.9 Å². The molecule has 7 heteroatoms. The van der Waals surface area contributed by atoms with Gasteiger partial charge in [0.1, 0.15) is 12.3 Å². The molecule has 2 aromatic carbocycles. The van der Waals surface area contributed by atoms with Gasteiger partial charge < -0.3 is 14.8 Å². The minimum absolute atomic E-state index is 0.0444. The summed E-state index contributed by atoms with van der Waals surface area (Å²) in [5.41, 5.74) is 2.70. The maximum Gasteiger partial charge on any atom is 0.329 e. The van der Waals surface area contributed by atoms with Gasteiger partial charge in [0, 0.05) is 0 Å². The lowest BCUT2D eigenvalue weighted by atomic mass is 10.1. The first kappa shape index (κ1) is 21.3. The highest BCUT2D eigenvalue weighted by Crippen LogP contribution is 2.37. The largest absolute Gasteiger partial charge is 0.490 e. The third kappa shape index (κ3) is 4.76. The fourth-order valence-electron chi connectivity index (χ4n) is 2.95. The van der Waals surface area contributed by atoms with Gasteiger partial charge >= 0.3 is 6.03 Å². The summed E-state index contributed by atoms with van der Waals surface area (Å²) in [4.78, 5) is 26.2. The molecule has 3 amide bonds. The fourth-order valence-corrected chi connectivity index (χ4v) is 3.22. The van der Waals surface area contributed by atoms with Crippen LogP contribution in [0, 0.1) is 19.3 Å². The Morgan fingerprint density at radius 1 is 1.20 bits per heavy atom. The van der Waals surface area contributed by atoms with Crippen molar-refractivity contribution in [1.29, 1.82) is 0 Å². The van der Waals surface area contributed by atoms with Gasteiger partial charge in [-0.3, -0.25) is 9.69 Å². The highest BCUT2D eigenvalue weighted by molar-refractivity contribution is 6.32. The first-order valence-corrected chi connectivity index (χ1v) is 9.73. The summed E-state index contributed by atoms with van der Waals surface area (Å²) in [7, 11) is 0. The second-order valence-corrected chi connectivity index (χ2v) is 7.03. The van der Waals surface area contributed by atoms with Gasteiger partial charge in [-0.2, -0.15) is 0 Å². The van der Waals surface area contributed by atoms with E-state index in [0.717, 1.165) is 16.0 Å². The van der Waals surface area contributed by atoms with Gasteiger partial charge in [0.25, 0.3) is 5.91 Å². The molecule has 0 unspecified atom stereocenters. The highest BCUT2D eigenvalue weighted by atomic mass is 35.5. The molecule has 6 nitrogen and oxygen atoms in total. The third-order valence-corrected chi connectivity index (χ3v) is 4.65. The van der Waals surface area contributed by atoms with E-state index in [1.807, 2.05) is 38.1 Å². The minimum atomic E-state index is -0.475. The van der Waals surface area contributed by atoms with Crippen LogP contribution < -0.4 is 14.8 Å². The molecular formula is C23H21ClN2O4. The molecule has 1 aliphatic heterocycles. The topological polar surface area (TPSA) is 67.9 Å². The number of imide groups is 1. The van der Waals surface area contributed by atoms with E-state index in [2.05, 4.69) is 11.2 Å². The van der Waals surface area contributed by atoms with Gasteiger partial charge in [-0.05, 0) is 43.2 Å². The number of nitrogens with zero attached hydrogens (tertiary/aromatic N) is 1. The van der Waals surface area contributed by atoms with Crippen molar-refractivity contribution in [1.82, 2.24) is 10.2 Å². The Bertz CT molecular complexity index is 1040. The SMILES string of the molecule is C#CCOc1c(Cl)cc(/C=C2/NC(=O)N(Cc3ccc(C)cc3)C2=O)cc1OCC. The van der Waals surface area contributed by atoms with E-state index in [4.69, 9.17) is 27.5 Å². The summed E-state index contributed by atoms with van der Waals surface area (Å²) < 4.78 is 11.1. The number of amides is 3. The number of ether oxygens (including phenoxy) is 2. The molecule has 1 saturated heterocycles. The zero-order chi connectivity index (χ0) is 21.7. The van der Waals surface area contributed by atoms with Crippen molar-refractivity contribution in [2.75, 3.05) is 13.2 Å². The van der Waals surface area contributed by atoms with Crippen LogP contribution in [0.15, 0.2) is 42.1 Å². The number of nitrogens with one attached hydrogen (secondary N) is 1. The normalized spacial score (nSPS) is 14.6. The molecule has 0 aliphatic carbocycles. The van der Waals surface area contributed by atoms with E-state index in [1.165, 1.54) is 0 Å². The maximum absolute atomic E-state index is 12.8. The zero-order valence-electron chi connectivity index (χ0n) is 16.7. The van der Waals surface area contributed by atoms with Crippen LogP contribution in [-0.4, -0.2) is 30.1 Å². The summed E-state index contributed by atoms with van der Waals surface area (Å²) in [6.07, 6.45) is 6.79. The Morgan fingerprint density at radius 2 is 1.93 bits per heavy atom. The Morgan fingerprint density at radius 3 is 2.60 bits per heavy atom. The highest BCUT2D eigenvalue weighted by Gasteiger charge is 2.33. The maximum atomic E-state index is 12.8. The summed E-state index contributed by atoms with van der Waals surface area (Å²) in [5, 5.41) is 2.90. The molecule has 0 atom stereocenters. The number of benzene rings is 2. The monoisotopic (exact) mass is 424 g/mol. The van der Waals surface area contributed by atoms with Crippen LogP contribution in [0.2, 0.25) is 5.02 Å². The molecule has 0 aromatic heterocycles. The molecular weight excluding hydrogens is 404 g/mol. The van der Waals surface area contributed by atoms with Crippen molar-refractivity contribution in [3.05, 3.63) is 63.8 Å². The van der Waals surface area contributed by atoms with Crippen LogP contribution >= 0.6 is 11.6 Å². The van der Waals surface area contributed by atoms with Gasteiger partial charge in [0.2, 0.25) is 0 Å². The second kappa shape index (κ2) is 9.38. The number of aryl methyl sites for hydroxylation is 1. The standard InChI is InChI=1S/C23H21ClN2O4/c1-4-10-30-21-18(24)11-17(13-20(21)29-5-2)12-19-22(27)26(23(28)25-19)14-16-8-6-15(3)7-9-16/h1,6-9,11-13H,5,10,14H2,2-3H3,(H,25,28)/b19-12+. The van der Waals surface area contributed by atoms with Crippen molar-refractivity contribution >= 4 is 29.6 Å². The van der Waals surface area contributed by atoms with E-state index in [9.17, 15) is 9.59 Å². The molecule has 2 aromatic rings. The number of carbonyl (C=O) groups excluding carboxylic acids is 2.